The molecule has 0 radical (unpaired) electrons. The Morgan fingerprint density at radius 3 is 1.43 bits per heavy atom. The number of hydrogen-bond acceptors (Lipinski definition) is 3. The first-order valence-electron chi connectivity index (χ1n) is 17.9. The smallest absolute Gasteiger partial charge is 0.160 e. The zero-order valence-corrected chi connectivity index (χ0v) is 29.3. The Bertz CT molecular complexity index is 2660. The number of rotatable bonds is 7. The summed E-state index contributed by atoms with van der Waals surface area (Å²) >= 11 is 0. The molecule has 7 aromatic carbocycles. The largest absolute Gasteiger partial charge is 0.253 e. The molecule has 3 heteroatoms. The average Bonchev–Trinajstić information content (AvgIpc) is 3.24. The Labute approximate surface area is 310 Å². The molecule has 53 heavy (non-hydrogen) atoms. The first kappa shape index (κ1) is 32.0. The van der Waals surface area contributed by atoms with E-state index in [1.165, 1.54) is 10.8 Å². The molecule has 0 spiro atoms. The topological polar surface area (TPSA) is 38.7 Å². The Hall–Kier alpha value is -6.97. The maximum atomic E-state index is 5.20. The number of pyridine rings is 1. The van der Waals surface area contributed by atoms with Crippen LogP contribution in [0.2, 0.25) is 0 Å². The molecule has 2 aromatic heterocycles. The highest BCUT2D eigenvalue weighted by atomic mass is 14.9. The molecule has 250 valence electrons. The summed E-state index contributed by atoms with van der Waals surface area (Å²) in [5.74, 6) is 0.687. The van der Waals surface area contributed by atoms with E-state index < -0.39 is 0 Å². The van der Waals surface area contributed by atoms with Crippen LogP contribution < -0.4 is 0 Å². The SMILES string of the molecule is Cc1cccc(-c2cccc(-c3ccc(-c4cc(-c5ccc6ccccc6c5)cc(-c5nc(-c6ccccc6)cc(-c6ccccc6)n5)c4)cc3)c2)n1. The molecule has 0 saturated heterocycles. The van der Waals surface area contributed by atoms with E-state index in [2.05, 4.69) is 176 Å². The predicted octanol–water partition coefficient (Wildman–Crippen LogP) is 13.0. The van der Waals surface area contributed by atoms with Crippen LogP contribution >= 0.6 is 0 Å². The van der Waals surface area contributed by atoms with Gasteiger partial charge in [0, 0.05) is 27.9 Å². The van der Waals surface area contributed by atoms with Crippen molar-refractivity contribution < 1.29 is 0 Å². The number of aryl methyl sites for hydroxylation is 1. The Balaban J connectivity index is 1.17. The van der Waals surface area contributed by atoms with Crippen LogP contribution in [0.25, 0.3) is 89.3 Å². The second-order valence-corrected chi connectivity index (χ2v) is 13.4. The van der Waals surface area contributed by atoms with Gasteiger partial charge in [-0.05, 0) is 99.6 Å². The summed E-state index contributed by atoms with van der Waals surface area (Å²) in [6.07, 6.45) is 0. The molecular formula is C50H35N3. The van der Waals surface area contributed by atoms with Gasteiger partial charge >= 0.3 is 0 Å². The lowest BCUT2D eigenvalue weighted by atomic mass is 9.93. The van der Waals surface area contributed by atoms with E-state index in [1.54, 1.807) is 0 Å². The van der Waals surface area contributed by atoms with E-state index in [-0.39, 0.29) is 0 Å². The Morgan fingerprint density at radius 2 is 0.755 bits per heavy atom. The van der Waals surface area contributed by atoms with Crippen molar-refractivity contribution in [3.8, 4) is 78.5 Å². The van der Waals surface area contributed by atoms with E-state index in [4.69, 9.17) is 15.0 Å². The zero-order chi connectivity index (χ0) is 35.6. The summed E-state index contributed by atoms with van der Waals surface area (Å²) < 4.78 is 0. The molecule has 9 aromatic rings. The van der Waals surface area contributed by atoms with Crippen molar-refractivity contribution in [2.24, 2.45) is 0 Å². The quantitative estimate of drug-likeness (QED) is 0.169. The van der Waals surface area contributed by atoms with E-state index >= 15 is 0 Å². The van der Waals surface area contributed by atoms with E-state index in [0.717, 1.165) is 78.4 Å². The number of nitrogens with zero attached hydrogens (tertiary/aromatic N) is 3. The van der Waals surface area contributed by atoms with Crippen LogP contribution in [-0.4, -0.2) is 15.0 Å². The number of aromatic nitrogens is 3. The third kappa shape index (κ3) is 6.76. The van der Waals surface area contributed by atoms with Crippen LogP contribution in [0.1, 0.15) is 5.69 Å². The van der Waals surface area contributed by atoms with Gasteiger partial charge in [-0.1, -0.05) is 146 Å². The first-order chi connectivity index (χ1) is 26.1. The van der Waals surface area contributed by atoms with Gasteiger partial charge in [-0.15, -0.1) is 0 Å². The van der Waals surface area contributed by atoms with Crippen molar-refractivity contribution in [3.63, 3.8) is 0 Å². The van der Waals surface area contributed by atoms with Gasteiger partial charge in [0.1, 0.15) is 0 Å². The van der Waals surface area contributed by atoms with Crippen molar-refractivity contribution >= 4 is 10.8 Å². The molecule has 0 aliphatic carbocycles. The van der Waals surface area contributed by atoms with Gasteiger partial charge in [0.15, 0.2) is 5.82 Å². The fourth-order valence-corrected chi connectivity index (χ4v) is 6.97. The summed E-state index contributed by atoms with van der Waals surface area (Å²) in [6, 6.07) is 68.3. The Kier molecular flexibility index (Phi) is 8.43. The molecule has 0 fully saturated rings. The minimum Gasteiger partial charge on any atom is -0.253 e. The van der Waals surface area contributed by atoms with Gasteiger partial charge in [0.2, 0.25) is 0 Å². The average molecular weight is 678 g/mol. The maximum absolute atomic E-state index is 5.20. The highest BCUT2D eigenvalue weighted by Crippen LogP contribution is 2.36. The van der Waals surface area contributed by atoms with Gasteiger partial charge in [-0.25, -0.2) is 9.97 Å². The summed E-state index contributed by atoms with van der Waals surface area (Å²) in [4.78, 5) is 15.1. The van der Waals surface area contributed by atoms with Crippen LogP contribution in [0.5, 0.6) is 0 Å². The van der Waals surface area contributed by atoms with Crippen LogP contribution in [0.4, 0.5) is 0 Å². The van der Waals surface area contributed by atoms with Gasteiger partial charge in [0.25, 0.3) is 0 Å². The van der Waals surface area contributed by atoms with Crippen LogP contribution in [0.15, 0.2) is 194 Å². The van der Waals surface area contributed by atoms with Crippen LogP contribution in [0, 0.1) is 6.92 Å². The first-order valence-corrected chi connectivity index (χ1v) is 17.9. The van der Waals surface area contributed by atoms with Crippen LogP contribution in [0.3, 0.4) is 0 Å². The molecule has 3 nitrogen and oxygen atoms in total. The number of fused-ring (bicyclic) bond motifs is 1. The third-order valence-electron chi connectivity index (χ3n) is 9.74. The van der Waals surface area contributed by atoms with Crippen molar-refractivity contribution in [1.29, 1.82) is 0 Å². The normalized spacial score (nSPS) is 11.1. The molecule has 0 bridgehead atoms. The minimum absolute atomic E-state index is 0.687. The minimum atomic E-state index is 0.687. The van der Waals surface area contributed by atoms with Gasteiger partial charge in [-0.2, -0.15) is 0 Å². The molecule has 0 aliphatic rings. The summed E-state index contributed by atoms with van der Waals surface area (Å²) in [5, 5.41) is 2.43. The predicted molar refractivity (Wildman–Crippen MR) is 220 cm³/mol. The summed E-state index contributed by atoms with van der Waals surface area (Å²) in [7, 11) is 0. The van der Waals surface area contributed by atoms with Gasteiger partial charge < -0.3 is 0 Å². The summed E-state index contributed by atoms with van der Waals surface area (Å²) in [6.45, 7) is 2.03. The molecule has 0 atom stereocenters. The van der Waals surface area contributed by atoms with Gasteiger partial charge in [0.05, 0.1) is 17.1 Å². The Morgan fingerprint density at radius 1 is 0.264 bits per heavy atom. The molecule has 0 aliphatic heterocycles. The number of hydrogen-bond donors (Lipinski definition) is 0. The monoisotopic (exact) mass is 677 g/mol. The van der Waals surface area contributed by atoms with E-state index in [1.807, 2.05) is 25.1 Å². The fraction of sp³-hybridized carbons (Fsp3) is 0.0200. The lowest BCUT2D eigenvalue weighted by molar-refractivity contribution is 1.18. The number of benzene rings is 7. The molecule has 0 saturated carbocycles. The molecule has 9 rings (SSSR count). The second-order valence-electron chi connectivity index (χ2n) is 13.4. The van der Waals surface area contributed by atoms with E-state index in [9.17, 15) is 0 Å². The van der Waals surface area contributed by atoms with Crippen molar-refractivity contribution in [1.82, 2.24) is 15.0 Å². The molecule has 0 N–H and O–H groups in total. The highest BCUT2D eigenvalue weighted by Gasteiger charge is 2.14. The summed E-state index contributed by atoms with van der Waals surface area (Å²) in [5.41, 5.74) is 14.7. The van der Waals surface area contributed by atoms with Crippen LogP contribution in [-0.2, 0) is 0 Å². The van der Waals surface area contributed by atoms with Crippen molar-refractivity contribution in [2.45, 2.75) is 6.92 Å². The standard InChI is InChI=1S/C50H35N3/c1-34-12-10-21-47(51-34)43-20-11-19-41(29-43)36-22-24-37(25-23-36)44-30-45(42-27-26-35-13-8-9-18-40(35)28-42)32-46(31-44)50-52-48(38-14-4-2-5-15-38)33-49(53-50)39-16-6-3-7-17-39/h2-33H,1H3. The zero-order valence-electron chi connectivity index (χ0n) is 29.3. The lowest BCUT2D eigenvalue weighted by Gasteiger charge is -2.14. The molecule has 0 unspecified atom stereocenters. The lowest BCUT2D eigenvalue weighted by Crippen LogP contribution is -1.97. The van der Waals surface area contributed by atoms with E-state index in [0.29, 0.717) is 5.82 Å². The highest BCUT2D eigenvalue weighted by molar-refractivity contribution is 5.89. The third-order valence-corrected chi connectivity index (χ3v) is 9.74. The second kappa shape index (κ2) is 14.0. The fourth-order valence-electron chi connectivity index (χ4n) is 6.97. The van der Waals surface area contributed by atoms with Crippen molar-refractivity contribution in [2.75, 3.05) is 0 Å². The maximum Gasteiger partial charge on any atom is 0.160 e. The van der Waals surface area contributed by atoms with Gasteiger partial charge in [-0.3, -0.25) is 4.98 Å². The molecule has 0 amide bonds. The molecule has 2 heterocycles. The van der Waals surface area contributed by atoms with Crippen molar-refractivity contribution in [3.05, 3.63) is 200 Å². The molecular weight excluding hydrogens is 643 g/mol.